The van der Waals surface area contributed by atoms with Gasteiger partial charge in [-0.3, -0.25) is 4.79 Å². The van der Waals surface area contributed by atoms with Gasteiger partial charge in [0.2, 0.25) is 0 Å². The number of rotatable bonds is 8. The first kappa shape index (κ1) is 23.9. The largest absolute Gasteiger partial charge is 0.488 e. The maximum atomic E-state index is 12.2. The summed E-state index contributed by atoms with van der Waals surface area (Å²) in [5.41, 5.74) is 7.31. The van der Waals surface area contributed by atoms with Gasteiger partial charge in [-0.25, -0.2) is 4.98 Å². The Bertz CT molecular complexity index is 1370. The van der Waals surface area contributed by atoms with Crippen LogP contribution in [-0.2, 0) is 29.2 Å². The Morgan fingerprint density at radius 1 is 1.16 bits per heavy atom. The van der Waals surface area contributed by atoms with Crippen molar-refractivity contribution in [1.29, 1.82) is 0 Å². The smallest absolute Gasteiger partial charge is 0.312 e. The van der Waals surface area contributed by atoms with Gasteiger partial charge in [0.25, 0.3) is 0 Å². The monoisotopic (exact) mass is 499 g/mol. The van der Waals surface area contributed by atoms with Crippen LogP contribution in [-0.4, -0.2) is 42.4 Å². The van der Waals surface area contributed by atoms with E-state index in [1.807, 2.05) is 30.3 Å². The highest BCUT2D eigenvalue weighted by Gasteiger charge is 2.71. The molecule has 6 rings (SSSR count). The number of aromatic nitrogens is 1. The molecule has 3 aromatic rings. The summed E-state index contributed by atoms with van der Waals surface area (Å²) in [6.45, 7) is 7.60. The van der Waals surface area contributed by atoms with E-state index < -0.39 is 11.4 Å². The van der Waals surface area contributed by atoms with Crippen molar-refractivity contribution in [3.63, 3.8) is 0 Å². The van der Waals surface area contributed by atoms with Crippen molar-refractivity contribution in [1.82, 2.24) is 10.3 Å². The lowest BCUT2D eigenvalue weighted by Gasteiger charge is -2.31. The maximum absolute atomic E-state index is 12.2. The number of piperidine rings is 1. The molecule has 0 amide bonds. The second-order valence-electron chi connectivity index (χ2n) is 10.6. The number of pyridine rings is 1. The van der Waals surface area contributed by atoms with Gasteiger partial charge in [-0.05, 0) is 72.2 Å². The molecule has 192 valence electrons. The summed E-state index contributed by atoms with van der Waals surface area (Å²) in [7, 11) is 1.63. The Labute approximate surface area is 217 Å². The van der Waals surface area contributed by atoms with Crippen LogP contribution in [0.25, 0.3) is 11.3 Å². The number of nitrogens with one attached hydrogen (secondary N) is 1. The predicted molar refractivity (Wildman–Crippen MR) is 142 cm³/mol. The van der Waals surface area contributed by atoms with E-state index in [2.05, 4.69) is 42.3 Å². The SMILES string of the molecule is COC[C@H]1N(c2cccc(-c3cccc(C)c3OCc3ccc4c(c3C)CNC4)n2)CC2C[C@@]21C(=O)O. The molecule has 1 saturated heterocycles. The molecule has 1 saturated carbocycles. The fraction of sp³-hybridized carbons (Fsp3) is 0.400. The fourth-order valence-corrected chi connectivity index (χ4v) is 6.36. The zero-order valence-electron chi connectivity index (χ0n) is 21.6. The lowest BCUT2D eigenvalue weighted by atomic mass is 9.97. The molecule has 0 radical (unpaired) electrons. The molecular formula is C30H33N3O4. The Kier molecular flexibility index (Phi) is 5.92. The third-order valence-electron chi connectivity index (χ3n) is 8.58. The maximum Gasteiger partial charge on any atom is 0.312 e. The molecule has 1 aliphatic carbocycles. The molecule has 7 heteroatoms. The summed E-state index contributed by atoms with van der Waals surface area (Å²) in [6, 6.07) is 16.2. The van der Waals surface area contributed by atoms with Gasteiger partial charge in [0.15, 0.2) is 0 Å². The second kappa shape index (κ2) is 9.15. The average molecular weight is 500 g/mol. The molecule has 2 aromatic carbocycles. The number of hydrogen-bond donors (Lipinski definition) is 2. The van der Waals surface area contributed by atoms with Crippen molar-refractivity contribution < 1.29 is 19.4 Å². The van der Waals surface area contributed by atoms with Gasteiger partial charge in [0.1, 0.15) is 18.2 Å². The highest BCUT2D eigenvalue weighted by atomic mass is 16.5. The van der Waals surface area contributed by atoms with Crippen LogP contribution in [0.1, 0.15) is 34.2 Å². The van der Waals surface area contributed by atoms with Gasteiger partial charge in [0.05, 0.1) is 23.8 Å². The van der Waals surface area contributed by atoms with E-state index in [-0.39, 0.29) is 12.0 Å². The number of benzene rings is 2. The van der Waals surface area contributed by atoms with E-state index in [0.717, 1.165) is 41.5 Å². The number of hydrogen-bond acceptors (Lipinski definition) is 6. The molecule has 2 aliphatic heterocycles. The quantitative estimate of drug-likeness (QED) is 0.473. The lowest BCUT2D eigenvalue weighted by Crippen LogP contribution is -2.43. The van der Waals surface area contributed by atoms with E-state index in [0.29, 0.717) is 26.2 Å². The minimum Gasteiger partial charge on any atom is -0.488 e. The van der Waals surface area contributed by atoms with Crippen LogP contribution in [0, 0.1) is 25.2 Å². The summed E-state index contributed by atoms with van der Waals surface area (Å²) in [6.07, 6.45) is 0.709. The average Bonchev–Trinajstić information content (AvgIpc) is 3.25. The molecule has 0 spiro atoms. The minimum absolute atomic E-state index is 0.138. The van der Waals surface area contributed by atoms with E-state index in [9.17, 15) is 9.90 Å². The molecule has 3 heterocycles. The van der Waals surface area contributed by atoms with E-state index in [1.54, 1.807) is 7.11 Å². The zero-order valence-corrected chi connectivity index (χ0v) is 21.6. The number of methoxy groups -OCH3 is 1. The molecule has 3 atom stereocenters. The van der Waals surface area contributed by atoms with Crippen molar-refractivity contribution in [3.05, 3.63) is 76.3 Å². The van der Waals surface area contributed by atoms with Crippen LogP contribution in [0.3, 0.4) is 0 Å². The normalized spacial score (nSPS) is 23.6. The predicted octanol–water partition coefficient (Wildman–Crippen LogP) is 4.47. The van der Waals surface area contributed by atoms with Gasteiger partial charge in [0, 0.05) is 32.3 Å². The highest BCUT2D eigenvalue weighted by Crippen LogP contribution is 2.62. The Morgan fingerprint density at radius 3 is 2.81 bits per heavy atom. The third kappa shape index (κ3) is 3.88. The van der Waals surface area contributed by atoms with Gasteiger partial charge in [-0.15, -0.1) is 0 Å². The zero-order chi connectivity index (χ0) is 25.7. The number of para-hydroxylation sites is 1. The Morgan fingerprint density at radius 2 is 2.00 bits per heavy atom. The molecule has 7 nitrogen and oxygen atoms in total. The summed E-state index contributed by atoms with van der Waals surface area (Å²) in [4.78, 5) is 19.3. The van der Waals surface area contributed by atoms with Crippen LogP contribution >= 0.6 is 0 Å². The molecule has 2 N–H and O–H groups in total. The van der Waals surface area contributed by atoms with E-state index >= 15 is 0 Å². The molecule has 1 unspecified atom stereocenters. The van der Waals surface area contributed by atoms with Crippen LogP contribution in [0.4, 0.5) is 5.82 Å². The lowest BCUT2D eigenvalue weighted by molar-refractivity contribution is -0.144. The van der Waals surface area contributed by atoms with Crippen molar-refractivity contribution in [2.24, 2.45) is 11.3 Å². The topological polar surface area (TPSA) is 83.9 Å². The Hall–Kier alpha value is -3.42. The minimum atomic E-state index is -0.731. The molecule has 1 aromatic heterocycles. The van der Waals surface area contributed by atoms with Crippen LogP contribution < -0.4 is 15.0 Å². The number of anilines is 1. The molecule has 37 heavy (non-hydrogen) atoms. The van der Waals surface area contributed by atoms with E-state index in [4.69, 9.17) is 14.5 Å². The van der Waals surface area contributed by atoms with Crippen LogP contribution in [0.15, 0.2) is 48.5 Å². The Balaban J connectivity index is 1.29. The van der Waals surface area contributed by atoms with Crippen molar-refractivity contribution in [3.8, 4) is 17.0 Å². The fourth-order valence-electron chi connectivity index (χ4n) is 6.36. The van der Waals surface area contributed by atoms with E-state index in [1.165, 1.54) is 22.3 Å². The van der Waals surface area contributed by atoms with Gasteiger partial charge in [-0.1, -0.05) is 30.3 Å². The second-order valence-corrected chi connectivity index (χ2v) is 10.6. The number of carbonyl (C=O) groups is 1. The number of carboxylic acid groups (broad SMARTS) is 1. The number of nitrogens with zero attached hydrogens (tertiary/aromatic N) is 2. The van der Waals surface area contributed by atoms with Crippen molar-refractivity contribution in [2.45, 2.75) is 46.0 Å². The summed E-state index contributed by atoms with van der Waals surface area (Å²) >= 11 is 0. The first-order valence-electron chi connectivity index (χ1n) is 12.9. The first-order chi connectivity index (χ1) is 17.9. The molecular weight excluding hydrogens is 466 g/mol. The molecule has 0 bridgehead atoms. The third-order valence-corrected chi connectivity index (χ3v) is 8.58. The van der Waals surface area contributed by atoms with Gasteiger partial charge in [-0.2, -0.15) is 0 Å². The van der Waals surface area contributed by atoms with Gasteiger partial charge < -0.3 is 24.8 Å². The first-order valence-corrected chi connectivity index (χ1v) is 12.9. The number of ether oxygens (including phenoxy) is 2. The summed E-state index contributed by atoms with van der Waals surface area (Å²) < 4.78 is 11.9. The van der Waals surface area contributed by atoms with Gasteiger partial charge >= 0.3 is 5.97 Å². The number of carboxylic acids is 1. The van der Waals surface area contributed by atoms with Crippen molar-refractivity contribution >= 4 is 11.8 Å². The summed E-state index contributed by atoms with van der Waals surface area (Å²) in [5.74, 6) is 1.01. The number of aryl methyl sites for hydroxylation is 1. The standard InChI is InChI=1S/C30H33N3O4/c1-18-6-4-7-23(28(18)37-16-21-11-10-20-13-31-14-24(20)19(21)2)25-8-5-9-27(32-25)33-15-22-12-30(22,29(34)35)26(33)17-36-3/h4-11,22,26,31H,12-17H2,1-3H3,(H,34,35)/t22?,26-,30-/m1/s1. The molecule has 2 fully saturated rings. The van der Waals surface area contributed by atoms with Crippen LogP contribution in [0.5, 0.6) is 5.75 Å². The number of fused-ring (bicyclic) bond motifs is 2. The molecule has 3 aliphatic rings. The highest BCUT2D eigenvalue weighted by molar-refractivity contribution is 5.82. The van der Waals surface area contributed by atoms with Crippen molar-refractivity contribution in [2.75, 3.05) is 25.2 Å². The number of aliphatic carboxylic acids is 1. The summed E-state index contributed by atoms with van der Waals surface area (Å²) in [5, 5.41) is 13.4. The van der Waals surface area contributed by atoms with Crippen LogP contribution in [0.2, 0.25) is 0 Å².